The molecule has 1 unspecified atom stereocenters. The van der Waals surface area contributed by atoms with Crippen molar-refractivity contribution in [1.82, 2.24) is 15.0 Å². The smallest absolute Gasteiger partial charge is 0.297 e. The zero-order valence-corrected chi connectivity index (χ0v) is 29.9. The molecule has 19 nitrogen and oxygen atoms in total. The van der Waals surface area contributed by atoms with Gasteiger partial charge in [-0.25, -0.2) is 4.21 Å². The first kappa shape index (κ1) is 37.5. The number of phenols is 1. The van der Waals surface area contributed by atoms with Crippen LogP contribution in [0.3, 0.4) is 0 Å². The van der Waals surface area contributed by atoms with Crippen molar-refractivity contribution in [3.05, 3.63) is 84.1 Å². The van der Waals surface area contributed by atoms with E-state index in [9.17, 15) is 52.8 Å². The van der Waals surface area contributed by atoms with Crippen molar-refractivity contribution in [1.29, 1.82) is 0 Å². The topological polar surface area (TPSA) is 308 Å². The molecular weight excluding hydrogens is 802 g/mol. The van der Waals surface area contributed by atoms with Crippen LogP contribution in [0.25, 0.3) is 21.5 Å². The molecule has 0 aliphatic heterocycles. The van der Waals surface area contributed by atoms with Crippen LogP contribution in [-0.2, 0) is 41.4 Å². The number of nitrogens with one attached hydrogen (secondary N) is 2. The number of azo groups is 1. The Morgan fingerprint density at radius 1 is 0.660 bits per heavy atom. The van der Waals surface area contributed by atoms with Crippen molar-refractivity contribution in [3.63, 3.8) is 0 Å². The molecule has 6 aromatic rings. The van der Waals surface area contributed by atoms with Gasteiger partial charge in [0.05, 0.1) is 4.90 Å². The maximum absolute atomic E-state index is 12.5. The van der Waals surface area contributed by atoms with Crippen molar-refractivity contribution < 1.29 is 52.8 Å². The summed E-state index contributed by atoms with van der Waals surface area (Å²) in [7, 11) is -15.2. The second kappa shape index (κ2) is 14.0. The second-order valence-electron chi connectivity index (χ2n) is 10.7. The molecule has 0 aliphatic rings. The molecular formula is C29H20ClN7O12S4. The van der Waals surface area contributed by atoms with E-state index < -0.39 is 78.6 Å². The second-order valence-corrected chi connectivity index (χ2v) is 16.1. The van der Waals surface area contributed by atoms with Gasteiger partial charge >= 0.3 is 0 Å². The van der Waals surface area contributed by atoms with Crippen LogP contribution in [-0.4, -0.2) is 67.7 Å². The summed E-state index contributed by atoms with van der Waals surface area (Å²) in [5.41, 5.74) is -0.780. The molecule has 7 N–H and O–H groups in total. The van der Waals surface area contributed by atoms with Gasteiger partial charge in [-0.1, -0.05) is 18.2 Å². The van der Waals surface area contributed by atoms with Crippen LogP contribution in [0.2, 0.25) is 5.28 Å². The number of aromatic nitrogens is 3. The molecule has 0 fully saturated rings. The van der Waals surface area contributed by atoms with Crippen LogP contribution in [0.15, 0.2) is 109 Å². The van der Waals surface area contributed by atoms with Crippen LogP contribution >= 0.6 is 11.6 Å². The van der Waals surface area contributed by atoms with E-state index in [1.54, 1.807) is 0 Å². The minimum Gasteiger partial charge on any atom is -0.505 e. The average Bonchev–Trinajstić information content (AvgIpc) is 3.05. The number of fused-ring (bicyclic) bond motifs is 2. The van der Waals surface area contributed by atoms with Crippen molar-refractivity contribution in [2.75, 3.05) is 10.6 Å². The number of nitrogens with zero attached hydrogens (tertiary/aromatic N) is 5. The normalized spacial score (nSPS) is 13.1. The molecule has 0 radical (unpaired) electrons. The fourth-order valence-corrected chi connectivity index (χ4v) is 7.79. The average molecular weight is 822 g/mol. The lowest BCUT2D eigenvalue weighted by atomic mass is 10.1. The zero-order valence-electron chi connectivity index (χ0n) is 25.8. The summed E-state index contributed by atoms with van der Waals surface area (Å²) >= 11 is 3.89. The molecule has 0 saturated heterocycles. The van der Waals surface area contributed by atoms with E-state index in [0.29, 0.717) is 5.69 Å². The van der Waals surface area contributed by atoms with Gasteiger partial charge in [0.2, 0.25) is 17.2 Å². The van der Waals surface area contributed by atoms with Crippen molar-refractivity contribution in [2.45, 2.75) is 19.6 Å². The van der Waals surface area contributed by atoms with Gasteiger partial charge in [0.15, 0.2) is 16.8 Å². The highest BCUT2D eigenvalue weighted by Crippen LogP contribution is 2.43. The third-order valence-electron chi connectivity index (χ3n) is 7.25. The minimum absolute atomic E-state index is 0.0186. The highest BCUT2D eigenvalue weighted by Gasteiger charge is 2.26. The van der Waals surface area contributed by atoms with Crippen LogP contribution in [0.4, 0.5) is 34.6 Å². The van der Waals surface area contributed by atoms with Crippen LogP contribution in [0.5, 0.6) is 5.75 Å². The van der Waals surface area contributed by atoms with Crippen LogP contribution in [0, 0.1) is 0 Å². The summed E-state index contributed by atoms with van der Waals surface area (Å²) in [6.45, 7) is 0. The van der Waals surface area contributed by atoms with E-state index >= 15 is 0 Å². The zero-order chi connectivity index (χ0) is 38.5. The molecule has 6 rings (SSSR count). The van der Waals surface area contributed by atoms with Gasteiger partial charge in [-0.15, -0.1) is 10.2 Å². The molecule has 1 aromatic heterocycles. The first-order valence-corrected chi connectivity index (χ1v) is 20.0. The summed E-state index contributed by atoms with van der Waals surface area (Å²) < 4.78 is 124. The Morgan fingerprint density at radius 3 is 1.87 bits per heavy atom. The van der Waals surface area contributed by atoms with Gasteiger partial charge in [0, 0.05) is 27.5 Å². The lowest BCUT2D eigenvalue weighted by Crippen LogP contribution is -2.04. The summed E-state index contributed by atoms with van der Waals surface area (Å²) in [6, 6.07) is 16.0. The molecule has 0 aliphatic carbocycles. The van der Waals surface area contributed by atoms with E-state index in [1.807, 2.05) is 0 Å². The van der Waals surface area contributed by atoms with Gasteiger partial charge in [0.25, 0.3) is 30.4 Å². The standard InChI is InChI=1S/C29H20ClN7O12S4/c30-27-33-28(31-15-4-7-17(8-5-15)50(39)40)35-29(34-27)32-16-6-9-18-14(12-16)13-23(52(44,45)46)24(25(18)38)37-36-21-11-10-19-20(26(21)53(47,48)49)2-1-3-22(19)51(41,42)43/h1-13,38H,(H,39,40)(H,41,42,43)(H,44,45,46)(H,47,48,49)(H2,31,32,33,34,35). The van der Waals surface area contributed by atoms with Crippen molar-refractivity contribution >= 4 is 109 Å². The number of hydrogen-bond donors (Lipinski definition) is 7. The highest BCUT2D eigenvalue weighted by atomic mass is 35.5. The first-order valence-electron chi connectivity index (χ1n) is 14.2. The molecule has 0 amide bonds. The number of rotatable bonds is 10. The summed E-state index contributed by atoms with van der Waals surface area (Å²) in [6.07, 6.45) is 0. The lowest BCUT2D eigenvalue weighted by Gasteiger charge is -2.12. The molecule has 0 spiro atoms. The molecule has 53 heavy (non-hydrogen) atoms. The fraction of sp³-hybridized carbons (Fsp3) is 0. The number of benzene rings is 5. The Kier molecular flexibility index (Phi) is 9.88. The largest absolute Gasteiger partial charge is 0.505 e. The quantitative estimate of drug-likeness (QED) is 0.0490. The lowest BCUT2D eigenvalue weighted by molar-refractivity contribution is 0.472. The molecule has 274 valence electrons. The number of phenolic OH excluding ortho intramolecular Hbond substituents is 1. The molecule has 0 bridgehead atoms. The predicted molar refractivity (Wildman–Crippen MR) is 190 cm³/mol. The van der Waals surface area contributed by atoms with Gasteiger partial charge < -0.3 is 20.3 Å². The molecule has 1 heterocycles. The third-order valence-corrected chi connectivity index (χ3v) is 10.8. The summed E-state index contributed by atoms with van der Waals surface area (Å²) in [4.78, 5) is 9.75. The summed E-state index contributed by atoms with van der Waals surface area (Å²) in [5.74, 6) is -0.924. The SMILES string of the molecule is O=S(O)c1ccc(Nc2nc(Cl)nc(Nc3ccc4c(O)c(N=Nc5ccc6c(S(=O)(=O)O)cccc6c5S(=O)(=O)O)c(S(=O)(=O)O)cc4c3)n2)cc1. The monoisotopic (exact) mass is 821 g/mol. The third kappa shape index (κ3) is 8.07. The van der Waals surface area contributed by atoms with E-state index in [4.69, 9.17) is 11.6 Å². The maximum atomic E-state index is 12.5. The molecule has 5 aromatic carbocycles. The molecule has 24 heteroatoms. The van der Waals surface area contributed by atoms with Gasteiger partial charge in [-0.2, -0.15) is 40.2 Å². The van der Waals surface area contributed by atoms with Crippen molar-refractivity contribution in [2.24, 2.45) is 10.2 Å². The Balaban J connectivity index is 1.38. The predicted octanol–water partition coefficient (Wildman–Crippen LogP) is 5.76. The number of aromatic hydroxyl groups is 1. The fourth-order valence-electron chi connectivity index (χ4n) is 5.07. The Labute approximate surface area is 306 Å². The van der Waals surface area contributed by atoms with E-state index in [-0.39, 0.29) is 43.9 Å². The Morgan fingerprint density at radius 2 is 1.26 bits per heavy atom. The first-order chi connectivity index (χ1) is 24.8. The Bertz CT molecular complexity index is 2880. The van der Waals surface area contributed by atoms with Gasteiger partial charge in [-0.3, -0.25) is 13.7 Å². The van der Waals surface area contributed by atoms with E-state index in [1.165, 1.54) is 42.5 Å². The minimum atomic E-state index is -5.18. The van der Waals surface area contributed by atoms with Crippen LogP contribution in [0.1, 0.15) is 0 Å². The van der Waals surface area contributed by atoms with E-state index in [2.05, 4.69) is 35.8 Å². The summed E-state index contributed by atoms with van der Waals surface area (Å²) in [5, 5.41) is 23.3. The van der Waals surface area contributed by atoms with E-state index in [0.717, 1.165) is 36.4 Å². The van der Waals surface area contributed by atoms with Crippen LogP contribution < -0.4 is 10.6 Å². The maximum Gasteiger partial charge on any atom is 0.297 e. The Hall–Kier alpha value is -5.24. The number of halogens is 1. The number of anilines is 4. The molecule has 1 atom stereocenters. The molecule has 0 saturated carbocycles. The number of hydrogen-bond acceptors (Lipinski definition) is 15. The van der Waals surface area contributed by atoms with Gasteiger partial charge in [0.1, 0.15) is 26.1 Å². The van der Waals surface area contributed by atoms with Crippen molar-refractivity contribution in [3.8, 4) is 5.75 Å². The highest BCUT2D eigenvalue weighted by molar-refractivity contribution is 7.86. The van der Waals surface area contributed by atoms with Gasteiger partial charge in [-0.05, 0) is 77.7 Å².